The summed E-state index contributed by atoms with van der Waals surface area (Å²) in [4.78, 5) is 16.9. The zero-order chi connectivity index (χ0) is 19.2. The standard InChI is InChI=1S/C21H20ClN3O2/c1-25-13-12-23-21(25)20(16-7-9-17(22)10-8-16)24-19(26)11-6-15-4-3-5-18(14-15)27-2/h3-14,20H,1-2H3,(H,24,26)/b11-6+. The highest BCUT2D eigenvalue weighted by molar-refractivity contribution is 6.30. The molecular weight excluding hydrogens is 362 g/mol. The third-order valence-corrected chi connectivity index (χ3v) is 4.38. The summed E-state index contributed by atoms with van der Waals surface area (Å²) in [5, 5.41) is 3.65. The van der Waals surface area contributed by atoms with Gasteiger partial charge in [-0.05, 0) is 41.5 Å². The molecule has 6 heteroatoms. The molecule has 27 heavy (non-hydrogen) atoms. The summed E-state index contributed by atoms with van der Waals surface area (Å²) in [5.74, 6) is 1.26. The van der Waals surface area contributed by atoms with Gasteiger partial charge in [0.2, 0.25) is 5.91 Å². The molecule has 3 aromatic rings. The Balaban J connectivity index is 1.81. The van der Waals surface area contributed by atoms with Crippen molar-refractivity contribution < 1.29 is 9.53 Å². The molecule has 0 saturated carbocycles. The Morgan fingerprint density at radius 1 is 1.26 bits per heavy atom. The maximum Gasteiger partial charge on any atom is 0.244 e. The highest BCUT2D eigenvalue weighted by Gasteiger charge is 2.19. The molecule has 0 radical (unpaired) electrons. The molecular formula is C21H20ClN3O2. The molecule has 0 aliphatic heterocycles. The van der Waals surface area contributed by atoms with Gasteiger partial charge in [0.25, 0.3) is 0 Å². The molecule has 0 aliphatic carbocycles. The number of halogens is 1. The lowest BCUT2D eigenvalue weighted by Crippen LogP contribution is -2.29. The van der Waals surface area contributed by atoms with Crippen LogP contribution >= 0.6 is 11.6 Å². The van der Waals surface area contributed by atoms with E-state index >= 15 is 0 Å². The fourth-order valence-electron chi connectivity index (χ4n) is 2.71. The number of hydrogen-bond acceptors (Lipinski definition) is 3. The van der Waals surface area contributed by atoms with Crippen molar-refractivity contribution in [1.82, 2.24) is 14.9 Å². The van der Waals surface area contributed by atoms with Crippen LogP contribution in [0.2, 0.25) is 5.02 Å². The second kappa shape index (κ2) is 8.56. The molecule has 138 valence electrons. The molecule has 1 unspecified atom stereocenters. The van der Waals surface area contributed by atoms with Gasteiger partial charge >= 0.3 is 0 Å². The molecule has 1 amide bonds. The van der Waals surface area contributed by atoms with Crippen molar-refractivity contribution in [3.63, 3.8) is 0 Å². The van der Waals surface area contributed by atoms with E-state index in [9.17, 15) is 4.79 Å². The van der Waals surface area contributed by atoms with Crippen LogP contribution in [0.25, 0.3) is 6.08 Å². The highest BCUT2D eigenvalue weighted by atomic mass is 35.5. The molecule has 1 aromatic heterocycles. The summed E-state index contributed by atoms with van der Waals surface area (Å²) in [7, 11) is 3.50. The summed E-state index contributed by atoms with van der Waals surface area (Å²) in [6, 6.07) is 14.5. The SMILES string of the molecule is COc1cccc(/C=C/C(=O)NC(c2ccc(Cl)cc2)c2nccn2C)c1. The number of rotatable bonds is 6. The van der Waals surface area contributed by atoms with Gasteiger partial charge in [0.1, 0.15) is 17.6 Å². The summed E-state index contributed by atoms with van der Waals surface area (Å²) < 4.78 is 7.08. The minimum Gasteiger partial charge on any atom is -0.497 e. The largest absolute Gasteiger partial charge is 0.497 e. The molecule has 5 nitrogen and oxygen atoms in total. The van der Waals surface area contributed by atoms with E-state index in [1.165, 1.54) is 6.08 Å². The predicted octanol–water partition coefficient (Wildman–Crippen LogP) is 4.00. The van der Waals surface area contributed by atoms with Gasteiger partial charge in [-0.2, -0.15) is 0 Å². The Kier molecular flexibility index (Phi) is 5.94. The molecule has 1 N–H and O–H groups in total. The van der Waals surface area contributed by atoms with Gasteiger partial charge in [0.05, 0.1) is 7.11 Å². The molecule has 3 rings (SSSR count). The van der Waals surface area contributed by atoms with E-state index in [-0.39, 0.29) is 11.9 Å². The Morgan fingerprint density at radius 3 is 2.70 bits per heavy atom. The van der Waals surface area contributed by atoms with Crippen LogP contribution in [0.4, 0.5) is 0 Å². The molecule has 0 aliphatic rings. The Hall–Kier alpha value is -3.05. The number of ether oxygens (including phenoxy) is 1. The first-order valence-corrected chi connectivity index (χ1v) is 8.80. The number of aryl methyl sites for hydroxylation is 1. The van der Waals surface area contributed by atoms with Gasteiger partial charge < -0.3 is 14.6 Å². The van der Waals surface area contributed by atoms with Crippen molar-refractivity contribution >= 4 is 23.6 Å². The minimum absolute atomic E-state index is 0.222. The fraction of sp³-hybridized carbons (Fsp3) is 0.143. The third kappa shape index (κ3) is 4.77. The van der Waals surface area contributed by atoms with Gasteiger partial charge in [-0.25, -0.2) is 4.98 Å². The molecule has 0 bridgehead atoms. The van der Waals surface area contributed by atoms with Crippen LogP contribution in [0, 0.1) is 0 Å². The Bertz CT molecular complexity index is 948. The molecule has 1 atom stereocenters. The maximum atomic E-state index is 12.5. The number of aromatic nitrogens is 2. The zero-order valence-electron chi connectivity index (χ0n) is 15.1. The third-order valence-electron chi connectivity index (χ3n) is 4.13. The number of benzene rings is 2. The van der Waals surface area contributed by atoms with Crippen molar-refractivity contribution in [2.45, 2.75) is 6.04 Å². The molecule has 0 saturated heterocycles. The van der Waals surface area contributed by atoms with E-state index in [4.69, 9.17) is 16.3 Å². The van der Waals surface area contributed by atoms with E-state index in [0.717, 1.165) is 22.7 Å². The lowest BCUT2D eigenvalue weighted by molar-refractivity contribution is -0.117. The Morgan fingerprint density at radius 2 is 2.04 bits per heavy atom. The van der Waals surface area contributed by atoms with Crippen molar-refractivity contribution in [2.75, 3.05) is 7.11 Å². The maximum absolute atomic E-state index is 12.5. The van der Waals surface area contributed by atoms with Crippen molar-refractivity contribution in [1.29, 1.82) is 0 Å². The topological polar surface area (TPSA) is 56.1 Å². The zero-order valence-corrected chi connectivity index (χ0v) is 15.9. The van der Waals surface area contributed by atoms with E-state index < -0.39 is 0 Å². The molecule has 1 heterocycles. The number of carbonyl (C=O) groups excluding carboxylic acids is 1. The van der Waals surface area contributed by atoms with E-state index in [1.807, 2.05) is 54.2 Å². The van der Waals surface area contributed by atoms with E-state index in [0.29, 0.717) is 5.02 Å². The normalized spacial score (nSPS) is 12.1. The number of imidazole rings is 1. The van der Waals surface area contributed by atoms with E-state index in [1.54, 1.807) is 31.5 Å². The number of amides is 1. The van der Waals surface area contributed by atoms with Crippen molar-refractivity contribution in [2.24, 2.45) is 7.05 Å². The number of nitrogens with zero attached hydrogens (tertiary/aromatic N) is 2. The first-order valence-electron chi connectivity index (χ1n) is 8.42. The summed E-state index contributed by atoms with van der Waals surface area (Å²) in [6.07, 6.45) is 6.79. The van der Waals surface area contributed by atoms with E-state index in [2.05, 4.69) is 10.3 Å². The van der Waals surface area contributed by atoms with Crippen molar-refractivity contribution in [3.05, 3.63) is 89.0 Å². The number of nitrogens with one attached hydrogen (secondary N) is 1. The predicted molar refractivity (Wildman–Crippen MR) is 107 cm³/mol. The first-order chi connectivity index (χ1) is 13.1. The van der Waals surface area contributed by atoms with Crippen molar-refractivity contribution in [3.8, 4) is 5.75 Å². The van der Waals surface area contributed by atoms with Crippen LogP contribution in [0.5, 0.6) is 5.75 Å². The van der Waals surface area contributed by atoms with Crippen LogP contribution in [0.15, 0.2) is 67.0 Å². The van der Waals surface area contributed by atoms with Crippen LogP contribution in [0.1, 0.15) is 23.0 Å². The Labute approximate surface area is 163 Å². The quantitative estimate of drug-likeness (QED) is 0.656. The van der Waals surface area contributed by atoms with Crippen LogP contribution < -0.4 is 10.1 Å². The summed E-state index contributed by atoms with van der Waals surface area (Å²) >= 11 is 5.99. The smallest absolute Gasteiger partial charge is 0.244 e. The minimum atomic E-state index is -0.385. The lowest BCUT2D eigenvalue weighted by atomic mass is 10.1. The molecule has 2 aromatic carbocycles. The summed E-state index contributed by atoms with van der Waals surface area (Å²) in [5.41, 5.74) is 1.78. The van der Waals surface area contributed by atoms with Crippen LogP contribution in [-0.4, -0.2) is 22.6 Å². The van der Waals surface area contributed by atoms with Crippen LogP contribution in [-0.2, 0) is 11.8 Å². The van der Waals surface area contributed by atoms with Gasteiger partial charge in [-0.15, -0.1) is 0 Å². The second-order valence-electron chi connectivity index (χ2n) is 6.00. The molecule has 0 spiro atoms. The van der Waals surface area contributed by atoms with Gasteiger partial charge in [0, 0.05) is 30.5 Å². The van der Waals surface area contributed by atoms with Gasteiger partial charge in [0.15, 0.2) is 0 Å². The summed E-state index contributed by atoms with van der Waals surface area (Å²) in [6.45, 7) is 0. The second-order valence-corrected chi connectivity index (χ2v) is 6.44. The van der Waals surface area contributed by atoms with Crippen LogP contribution in [0.3, 0.4) is 0 Å². The monoisotopic (exact) mass is 381 g/mol. The lowest BCUT2D eigenvalue weighted by Gasteiger charge is -2.18. The average Bonchev–Trinajstić information content (AvgIpc) is 3.11. The first kappa shape index (κ1) is 18.7. The van der Waals surface area contributed by atoms with Gasteiger partial charge in [-0.1, -0.05) is 35.9 Å². The highest BCUT2D eigenvalue weighted by Crippen LogP contribution is 2.22. The fourth-order valence-corrected chi connectivity index (χ4v) is 2.84. The van der Waals surface area contributed by atoms with Gasteiger partial charge in [-0.3, -0.25) is 4.79 Å². The average molecular weight is 382 g/mol. The number of carbonyl (C=O) groups is 1. The molecule has 0 fully saturated rings. The number of hydrogen-bond donors (Lipinski definition) is 1. The number of methoxy groups -OCH3 is 1.